The number of aryl methyl sites for hydroxylation is 1. The van der Waals surface area contributed by atoms with Gasteiger partial charge in [-0.05, 0) is 30.4 Å². The van der Waals surface area contributed by atoms with E-state index < -0.39 is 11.4 Å². The summed E-state index contributed by atoms with van der Waals surface area (Å²) >= 11 is 0. The molecular formula is C12H14O3. The molecule has 0 heterocycles. The van der Waals surface area contributed by atoms with E-state index >= 15 is 0 Å². The normalized spacial score (nSPS) is 23.8. The van der Waals surface area contributed by atoms with Crippen LogP contribution >= 0.6 is 0 Å². The average molecular weight is 206 g/mol. The Bertz CT molecular complexity index is 382. The molecule has 80 valence electrons. The minimum atomic E-state index is -0.856. The summed E-state index contributed by atoms with van der Waals surface area (Å²) in [4.78, 5) is 11.4. The van der Waals surface area contributed by atoms with Crippen molar-refractivity contribution < 1.29 is 15.0 Å². The highest BCUT2D eigenvalue weighted by atomic mass is 16.4. The number of aliphatic carboxylic acids is 1. The number of aliphatic hydroxyl groups excluding tert-OH is 1. The molecule has 15 heavy (non-hydrogen) atoms. The summed E-state index contributed by atoms with van der Waals surface area (Å²) in [5.74, 6) is -0.818. The Labute approximate surface area is 88.4 Å². The second-order valence-electron chi connectivity index (χ2n) is 4.02. The predicted octanol–water partition coefficient (Wildman–Crippen LogP) is 1.34. The lowest BCUT2D eigenvalue weighted by Crippen LogP contribution is -2.34. The summed E-state index contributed by atoms with van der Waals surface area (Å²) < 4.78 is 0. The monoisotopic (exact) mass is 206 g/mol. The molecule has 1 unspecified atom stereocenters. The maximum absolute atomic E-state index is 11.4. The van der Waals surface area contributed by atoms with Crippen molar-refractivity contribution in [2.75, 3.05) is 6.61 Å². The van der Waals surface area contributed by atoms with Gasteiger partial charge in [0, 0.05) is 6.61 Å². The lowest BCUT2D eigenvalue weighted by molar-refractivity contribution is -0.144. The molecule has 1 aliphatic rings. The van der Waals surface area contributed by atoms with Crippen molar-refractivity contribution in [2.24, 2.45) is 0 Å². The molecule has 1 atom stereocenters. The van der Waals surface area contributed by atoms with Crippen LogP contribution in [0, 0.1) is 0 Å². The third-order valence-electron chi connectivity index (χ3n) is 3.30. The molecule has 1 aromatic rings. The first-order chi connectivity index (χ1) is 7.20. The first-order valence-corrected chi connectivity index (χ1v) is 5.13. The van der Waals surface area contributed by atoms with Gasteiger partial charge in [0.15, 0.2) is 0 Å². The predicted molar refractivity (Wildman–Crippen MR) is 55.8 cm³/mol. The van der Waals surface area contributed by atoms with E-state index in [0.717, 1.165) is 17.5 Å². The standard InChI is InChI=1S/C12H14O3/c13-8-7-12(11(14)15)6-5-9-3-1-2-4-10(9)12/h1-4,13H,5-8H2,(H,14,15). The molecule has 0 saturated carbocycles. The fourth-order valence-corrected chi connectivity index (χ4v) is 2.47. The minimum Gasteiger partial charge on any atom is -0.481 e. The lowest BCUT2D eigenvalue weighted by atomic mass is 9.79. The van der Waals surface area contributed by atoms with Crippen LogP contribution in [0.3, 0.4) is 0 Å². The summed E-state index contributed by atoms with van der Waals surface area (Å²) in [6.07, 6.45) is 1.70. The molecule has 1 aliphatic carbocycles. The molecule has 3 heteroatoms. The van der Waals surface area contributed by atoms with Gasteiger partial charge >= 0.3 is 5.97 Å². The van der Waals surface area contributed by atoms with Crippen molar-refractivity contribution in [3.05, 3.63) is 35.4 Å². The Morgan fingerprint density at radius 1 is 1.40 bits per heavy atom. The van der Waals surface area contributed by atoms with E-state index in [0.29, 0.717) is 12.8 Å². The van der Waals surface area contributed by atoms with Gasteiger partial charge in [-0.25, -0.2) is 0 Å². The number of carboxylic acids is 1. The zero-order valence-corrected chi connectivity index (χ0v) is 8.44. The van der Waals surface area contributed by atoms with Gasteiger partial charge in [-0.3, -0.25) is 4.79 Å². The zero-order valence-electron chi connectivity index (χ0n) is 8.44. The van der Waals surface area contributed by atoms with Crippen LogP contribution in [0.1, 0.15) is 24.0 Å². The van der Waals surface area contributed by atoms with Gasteiger partial charge in [-0.2, -0.15) is 0 Å². The van der Waals surface area contributed by atoms with Gasteiger partial charge in [-0.15, -0.1) is 0 Å². The third kappa shape index (κ3) is 1.43. The van der Waals surface area contributed by atoms with Crippen LogP contribution in [0.15, 0.2) is 24.3 Å². The SMILES string of the molecule is O=C(O)C1(CCO)CCc2ccccc21. The Morgan fingerprint density at radius 3 is 2.80 bits per heavy atom. The quantitative estimate of drug-likeness (QED) is 0.784. The first-order valence-electron chi connectivity index (χ1n) is 5.13. The molecule has 0 aliphatic heterocycles. The average Bonchev–Trinajstić information content (AvgIpc) is 2.60. The lowest BCUT2D eigenvalue weighted by Gasteiger charge is -2.24. The highest BCUT2D eigenvalue weighted by Crippen LogP contribution is 2.41. The van der Waals surface area contributed by atoms with E-state index in [1.807, 2.05) is 24.3 Å². The van der Waals surface area contributed by atoms with Crippen LogP contribution in [0.5, 0.6) is 0 Å². The van der Waals surface area contributed by atoms with Crippen molar-refractivity contribution in [3.8, 4) is 0 Å². The van der Waals surface area contributed by atoms with Gasteiger partial charge in [0.25, 0.3) is 0 Å². The Kier molecular flexibility index (Phi) is 2.49. The van der Waals surface area contributed by atoms with Crippen LogP contribution < -0.4 is 0 Å². The summed E-state index contributed by atoms with van der Waals surface area (Å²) in [5.41, 5.74) is 1.13. The molecule has 1 aromatic carbocycles. The molecular weight excluding hydrogens is 192 g/mol. The molecule has 2 N–H and O–H groups in total. The Hall–Kier alpha value is -1.35. The second-order valence-corrected chi connectivity index (χ2v) is 4.02. The van der Waals surface area contributed by atoms with Crippen molar-refractivity contribution >= 4 is 5.97 Å². The summed E-state index contributed by atoms with van der Waals surface area (Å²) in [6.45, 7) is -0.0827. The van der Waals surface area contributed by atoms with E-state index in [4.69, 9.17) is 5.11 Å². The number of hydrogen-bond donors (Lipinski definition) is 2. The topological polar surface area (TPSA) is 57.5 Å². The van der Waals surface area contributed by atoms with Gasteiger partial charge < -0.3 is 10.2 Å². The minimum absolute atomic E-state index is 0.0827. The Morgan fingerprint density at radius 2 is 2.13 bits per heavy atom. The largest absolute Gasteiger partial charge is 0.481 e. The fourth-order valence-electron chi connectivity index (χ4n) is 2.47. The van der Waals surface area contributed by atoms with Crippen LogP contribution in [0.2, 0.25) is 0 Å². The van der Waals surface area contributed by atoms with Crippen molar-refractivity contribution in [2.45, 2.75) is 24.7 Å². The Balaban J connectivity index is 2.49. The fraction of sp³-hybridized carbons (Fsp3) is 0.417. The highest BCUT2D eigenvalue weighted by Gasteiger charge is 2.44. The molecule has 0 aromatic heterocycles. The first kappa shape index (κ1) is 10.2. The number of rotatable bonds is 3. The number of carbonyl (C=O) groups is 1. The van der Waals surface area contributed by atoms with Gasteiger partial charge in [0.1, 0.15) is 0 Å². The smallest absolute Gasteiger partial charge is 0.314 e. The second kappa shape index (κ2) is 3.66. The number of fused-ring (bicyclic) bond motifs is 1. The van der Waals surface area contributed by atoms with Crippen LogP contribution in [-0.4, -0.2) is 22.8 Å². The maximum atomic E-state index is 11.4. The molecule has 0 radical (unpaired) electrons. The van der Waals surface area contributed by atoms with Gasteiger partial charge in [-0.1, -0.05) is 24.3 Å². The van der Waals surface area contributed by atoms with Crippen molar-refractivity contribution in [3.63, 3.8) is 0 Å². The third-order valence-corrected chi connectivity index (χ3v) is 3.30. The molecule has 0 fully saturated rings. The van der Waals surface area contributed by atoms with Crippen molar-refractivity contribution in [1.82, 2.24) is 0 Å². The summed E-state index contributed by atoms with van der Waals surface area (Å²) in [5, 5.41) is 18.3. The van der Waals surface area contributed by atoms with Crippen molar-refractivity contribution in [1.29, 1.82) is 0 Å². The molecule has 0 amide bonds. The van der Waals surface area contributed by atoms with Gasteiger partial charge in [0.2, 0.25) is 0 Å². The summed E-state index contributed by atoms with van der Waals surface area (Å²) in [6, 6.07) is 7.62. The molecule has 2 rings (SSSR count). The number of carboxylic acid groups (broad SMARTS) is 1. The molecule has 0 spiro atoms. The number of hydrogen-bond acceptors (Lipinski definition) is 2. The van der Waals surface area contributed by atoms with Crippen LogP contribution in [0.4, 0.5) is 0 Å². The van der Waals surface area contributed by atoms with Crippen LogP contribution in [0.25, 0.3) is 0 Å². The molecule has 0 saturated heterocycles. The number of aliphatic hydroxyl groups is 1. The van der Waals surface area contributed by atoms with E-state index in [9.17, 15) is 9.90 Å². The van der Waals surface area contributed by atoms with E-state index in [1.54, 1.807) is 0 Å². The van der Waals surface area contributed by atoms with Gasteiger partial charge in [0.05, 0.1) is 5.41 Å². The maximum Gasteiger partial charge on any atom is 0.314 e. The zero-order chi connectivity index (χ0) is 10.9. The summed E-state index contributed by atoms with van der Waals surface area (Å²) in [7, 11) is 0. The van der Waals surface area contributed by atoms with E-state index in [-0.39, 0.29) is 6.61 Å². The highest BCUT2D eigenvalue weighted by molar-refractivity contribution is 5.83. The molecule has 3 nitrogen and oxygen atoms in total. The van der Waals surface area contributed by atoms with E-state index in [1.165, 1.54) is 0 Å². The van der Waals surface area contributed by atoms with E-state index in [2.05, 4.69) is 0 Å². The van der Waals surface area contributed by atoms with Crippen LogP contribution in [-0.2, 0) is 16.6 Å². The number of benzene rings is 1. The molecule has 0 bridgehead atoms.